The fourth-order valence-electron chi connectivity index (χ4n) is 2.30. The van der Waals surface area contributed by atoms with Crippen LogP contribution in [0.3, 0.4) is 0 Å². The summed E-state index contributed by atoms with van der Waals surface area (Å²) in [6.45, 7) is 3.89. The fraction of sp³-hybridized carbons (Fsp3) is 0.167. The number of hydrogen-bond acceptors (Lipinski definition) is 4. The Labute approximate surface area is 134 Å². The molecule has 0 bridgehead atoms. The minimum Gasteiger partial charge on any atom is -0.463 e. The first-order chi connectivity index (χ1) is 11.1. The molecule has 5 heteroatoms. The fourth-order valence-corrected chi connectivity index (χ4v) is 2.30. The molecule has 0 aliphatic heterocycles. The van der Waals surface area contributed by atoms with E-state index in [0.29, 0.717) is 23.4 Å². The van der Waals surface area contributed by atoms with Crippen LogP contribution in [0.5, 0.6) is 0 Å². The molecule has 0 saturated carbocycles. The number of carbonyl (C=O) groups excluding carboxylic acids is 1. The second-order valence-electron chi connectivity index (χ2n) is 4.80. The SMILES string of the molecule is CCOC(=O)C=Cc1[nH]c(C)c(-c2ccc(C#N)cc2)c1C#N. The van der Waals surface area contributed by atoms with E-state index >= 15 is 0 Å². The molecule has 5 nitrogen and oxygen atoms in total. The second-order valence-corrected chi connectivity index (χ2v) is 4.80. The zero-order valence-electron chi connectivity index (χ0n) is 12.9. The quantitative estimate of drug-likeness (QED) is 0.693. The van der Waals surface area contributed by atoms with E-state index in [9.17, 15) is 10.1 Å². The van der Waals surface area contributed by atoms with Crippen LogP contribution >= 0.6 is 0 Å². The van der Waals surface area contributed by atoms with Gasteiger partial charge in [-0.15, -0.1) is 0 Å². The number of H-pyrrole nitrogens is 1. The molecule has 2 rings (SSSR count). The van der Waals surface area contributed by atoms with Crippen LogP contribution in [0, 0.1) is 29.6 Å². The molecule has 114 valence electrons. The first kappa shape index (κ1) is 16.1. The van der Waals surface area contributed by atoms with E-state index in [2.05, 4.69) is 17.1 Å². The highest BCUT2D eigenvalue weighted by atomic mass is 16.5. The van der Waals surface area contributed by atoms with Gasteiger partial charge in [-0.2, -0.15) is 10.5 Å². The van der Waals surface area contributed by atoms with Crippen LogP contribution in [0.4, 0.5) is 0 Å². The van der Waals surface area contributed by atoms with Gasteiger partial charge in [0.05, 0.1) is 29.5 Å². The Morgan fingerprint density at radius 1 is 1.26 bits per heavy atom. The third-order valence-corrected chi connectivity index (χ3v) is 3.30. The number of nitriles is 2. The van der Waals surface area contributed by atoms with E-state index in [1.807, 2.05) is 6.92 Å². The smallest absolute Gasteiger partial charge is 0.330 e. The summed E-state index contributed by atoms with van der Waals surface area (Å²) in [6.07, 6.45) is 2.83. The van der Waals surface area contributed by atoms with E-state index in [1.54, 1.807) is 31.2 Å². The number of ether oxygens (including phenoxy) is 1. The van der Waals surface area contributed by atoms with Gasteiger partial charge in [-0.3, -0.25) is 0 Å². The lowest BCUT2D eigenvalue weighted by atomic mass is 10.00. The Bertz CT molecular complexity index is 831. The lowest BCUT2D eigenvalue weighted by Gasteiger charge is -2.01. The minimum atomic E-state index is -0.455. The zero-order chi connectivity index (χ0) is 16.8. The average Bonchev–Trinajstić information content (AvgIpc) is 2.89. The van der Waals surface area contributed by atoms with E-state index in [-0.39, 0.29) is 0 Å². The number of benzene rings is 1. The van der Waals surface area contributed by atoms with Gasteiger partial charge in [0.15, 0.2) is 0 Å². The second kappa shape index (κ2) is 7.11. The summed E-state index contributed by atoms with van der Waals surface area (Å²) in [4.78, 5) is 14.5. The number of aryl methyl sites for hydroxylation is 1. The van der Waals surface area contributed by atoms with Crippen LogP contribution < -0.4 is 0 Å². The van der Waals surface area contributed by atoms with Crippen LogP contribution in [-0.2, 0) is 9.53 Å². The molecule has 0 amide bonds. The molecule has 0 unspecified atom stereocenters. The zero-order valence-corrected chi connectivity index (χ0v) is 12.9. The van der Waals surface area contributed by atoms with Crippen molar-refractivity contribution in [2.24, 2.45) is 0 Å². The van der Waals surface area contributed by atoms with Crippen LogP contribution in [0.2, 0.25) is 0 Å². The van der Waals surface area contributed by atoms with Crippen molar-refractivity contribution in [3.63, 3.8) is 0 Å². The molecule has 0 spiro atoms. The number of aromatic amines is 1. The van der Waals surface area contributed by atoms with Crippen LogP contribution in [0.15, 0.2) is 30.3 Å². The summed E-state index contributed by atoms with van der Waals surface area (Å²) >= 11 is 0. The molecular weight excluding hydrogens is 290 g/mol. The highest BCUT2D eigenvalue weighted by Gasteiger charge is 2.15. The van der Waals surface area contributed by atoms with Crippen molar-refractivity contribution in [1.29, 1.82) is 10.5 Å². The minimum absolute atomic E-state index is 0.300. The van der Waals surface area contributed by atoms with Gasteiger partial charge in [0, 0.05) is 17.3 Å². The molecule has 1 aromatic carbocycles. The molecule has 1 N–H and O–H groups in total. The maximum Gasteiger partial charge on any atom is 0.330 e. The molecule has 0 atom stereocenters. The number of rotatable bonds is 4. The van der Waals surface area contributed by atoms with E-state index in [0.717, 1.165) is 16.8 Å². The summed E-state index contributed by atoms with van der Waals surface area (Å²) in [7, 11) is 0. The number of nitrogens with one attached hydrogen (secondary N) is 1. The monoisotopic (exact) mass is 305 g/mol. The normalized spacial score (nSPS) is 10.3. The molecular formula is C18H15N3O2. The Morgan fingerprint density at radius 3 is 2.52 bits per heavy atom. The summed E-state index contributed by atoms with van der Waals surface area (Å²) < 4.78 is 4.83. The average molecular weight is 305 g/mol. The first-order valence-corrected chi connectivity index (χ1v) is 7.08. The first-order valence-electron chi connectivity index (χ1n) is 7.08. The Kier molecular flexibility index (Phi) is 4.96. The van der Waals surface area contributed by atoms with Gasteiger partial charge in [0.25, 0.3) is 0 Å². The van der Waals surface area contributed by atoms with Gasteiger partial charge in [-0.1, -0.05) is 12.1 Å². The highest BCUT2D eigenvalue weighted by molar-refractivity contribution is 5.88. The summed E-state index contributed by atoms with van der Waals surface area (Å²) in [5.74, 6) is -0.455. The maximum atomic E-state index is 11.4. The third-order valence-electron chi connectivity index (χ3n) is 3.30. The van der Waals surface area contributed by atoms with Gasteiger partial charge < -0.3 is 9.72 Å². The number of nitrogens with zero attached hydrogens (tertiary/aromatic N) is 2. The molecule has 1 heterocycles. The molecule has 0 aliphatic rings. The van der Waals surface area contributed by atoms with E-state index in [1.165, 1.54) is 12.2 Å². The van der Waals surface area contributed by atoms with E-state index in [4.69, 9.17) is 10.00 Å². The van der Waals surface area contributed by atoms with Gasteiger partial charge in [0.1, 0.15) is 6.07 Å². The van der Waals surface area contributed by atoms with Crippen molar-refractivity contribution >= 4 is 12.0 Å². The Hall–Kier alpha value is -3.31. The highest BCUT2D eigenvalue weighted by Crippen LogP contribution is 2.30. The van der Waals surface area contributed by atoms with Gasteiger partial charge >= 0.3 is 5.97 Å². The number of carbonyl (C=O) groups is 1. The predicted molar refractivity (Wildman–Crippen MR) is 86.1 cm³/mol. The van der Waals surface area contributed by atoms with E-state index < -0.39 is 5.97 Å². The molecule has 0 aliphatic carbocycles. The molecule has 2 aromatic rings. The lowest BCUT2D eigenvalue weighted by molar-refractivity contribution is -0.137. The molecule has 0 saturated heterocycles. The molecule has 23 heavy (non-hydrogen) atoms. The van der Waals surface area contributed by atoms with Crippen molar-refractivity contribution in [3.05, 3.63) is 52.9 Å². The summed E-state index contributed by atoms with van der Waals surface area (Å²) in [5.41, 5.74) is 3.98. The van der Waals surface area contributed by atoms with Crippen molar-refractivity contribution in [1.82, 2.24) is 4.98 Å². The predicted octanol–water partition coefficient (Wildman–Crippen LogP) is 3.31. The maximum absolute atomic E-state index is 11.4. The van der Waals surface area contributed by atoms with Crippen molar-refractivity contribution in [2.45, 2.75) is 13.8 Å². The number of hydrogen-bond donors (Lipinski definition) is 1. The van der Waals surface area contributed by atoms with Gasteiger partial charge in [-0.25, -0.2) is 4.79 Å². The van der Waals surface area contributed by atoms with Crippen molar-refractivity contribution in [3.8, 4) is 23.3 Å². The summed E-state index contributed by atoms with van der Waals surface area (Å²) in [5, 5.41) is 18.3. The van der Waals surface area contributed by atoms with Gasteiger partial charge in [0.2, 0.25) is 0 Å². The van der Waals surface area contributed by atoms with Crippen LogP contribution in [0.25, 0.3) is 17.2 Å². The number of esters is 1. The Balaban J connectivity index is 2.44. The van der Waals surface area contributed by atoms with Crippen LogP contribution in [0.1, 0.15) is 29.4 Å². The molecule has 0 fully saturated rings. The van der Waals surface area contributed by atoms with Crippen molar-refractivity contribution in [2.75, 3.05) is 6.61 Å². The van der Waals surface area contributed by atoms with Crippen molar-refractivity contribution < 1.29 is 9.53 Å². The van der Waals surface area contributed by atoms with Crippen LogP contribution in [-0.4, -0.2) is 17.6 Å². The molecule has 1 aromatic heterocycles. The largest absolute Gasteiger partial charge is 0.463 e. The summed E-state index contributed by atoms with van der Waals surface area (Å²) in [6, 6.07) is 11.2. The standard InChI is InChI=1S/C18H15N3O2/c1-3-23-17(22)9-8-16-15(11-20)18(12(2)21-16)14-6-4-13(10-19)5-7-14/h4-9,21H,3H2,1-2H3. The third kappa shape index (κ3) is 3.48. The topological polar surface area (TPSA) is 89.7 Å². The Morgan fingerprint density at radius 2 is 1.96 bits per heavy atom. The lowest BCUT2D eigenvalue weighted by Crippen LogP contribution is -1.98. The molecule has 0 radical (unpaired) electrons. The van der Waals surface area contributed by atoms with Gasteiger partial charge in [-0.05, 0) is 37.6 Å². The number of aromatic nitrogens is 1.